The number of anilines is 1. The van der Waals surface area contributed by atoms with E-state index in [2.05, 4.69) is 0 Å². The summed E-state index contributed by atoms with van der Waals surface area (Å²) in [5.41, 5.74) is 1.89. The number of hydrogen-bond donors (Lipinski definition) is 0. The Hall–Kier alpha value is -2.14. The molecule has 2 atom stereocenters. The second kappa shape index (κ2) is 7.18. The highest BCUT2D eigenvalue weighted by molar-refractivity contribution is 8.01. The van der Waals surface area contributed by atoms with Gasteiger partial charge in [0.2, 0.25) is 5.91 Å². The van der Waals surface area contributed by atoms with E-state index in [0.29, 0.717) is 5.75 Å². The van der Waals surface area contributed by atoms with Crippen LogP contribution in [0.5, 0.6) is 11.5 Å². The monoisotopic (exact) mass is 343 g/mol. The third kappa shape index (κ3) is 2.96. The van der Waals surface area contributed by atoms with Crippen molar-refractivity contribution in [2.24, 2.45) is 0 Å². The van der Waals surface area contributed by atoms with Crippen molar-refractivity contribution in [2.45, 2.75) is 24.0 Å². The molecule has 0 saturated carbocycles. The molecule has 2 aromatic carbocycles. The van der Waals surface area contributed by atoms with E-state index in [1.165, 1.54) is 0 Å². The number of carbonyl (C=O) groups excluding carboxylic acids is 1. The Balaban J connectivity index is 2.03. The van der Waals surface area contributed by atoms with E-state index >= 15 is 0 Å². The zero-order chi connectivity index (χ0) is 17.1. The SMILES string of the molecule is CCC1SC(c2ccc(OC)cc2)N(c2ccccc2OC)C1=O. The number of nitrogens with zero attached hydrogens (tertiary/aromatic N) is 1. The molecule has 0 bridgehead atoms. The van der Waals surface area contributed by atoms with Gasteiger partial charge < -0.3 is 9.47 Å². The van der Waals surface area contributed by atoms with Gasteiger partial charge >= 0.3 is 0 Å². The Bertz CT molecular complexity index is 717. The first-order valence-electron chi connectivity index (χ1n) is 7.95. The summed E-state index contributed by atoms with van der Waals surface area (Å²) < 4.78 is 10.7. The first-order chi connectivity index (χ1) is 11.7. The van der Waals surface area contributed by atoms with E-state index in [0.717, 1.165) is 23.4 Å². The highest BCUT2D eigenvalue weighted by Gasteiger charge is 2.41. The molecule has 2 unspecified atom stereocenters. The number of amides is 1. The summed E-state index contributed by atoms with van der Waals surface area (Å²) in [6.07, 6.45) is 0.807. The fraction of sp³-hybridized carbons (Fsp3) is 0.316. The van der Waals surface area contributed by atoms with E-state index < -0.39 is 0 Å². The van der Waals surface area contributed by atoms with Gasteiger partial charge in [-0.1, -0.05) is 31.2 Å². The summed E-state index contributed by atoms with van der Waals surface area (Å²) in [6.45, 7) is 2.05. The molecule has 0 aromatic heterocycles. The molecule has 5 heteroatoms. The molecule has 0 aliphatic carbocycles. The molecular weight excluding hydrogens is 322 g/mol. The average molecular weight is 343 g/mol. The fourth-order valence-electron chi connectivity index (χ4n) is 2.89. The molecular formula is C19H21NO3S. The van der Waals surface area contributed by atoms with Crippen molar-refractivity contribution in [2.75, 3.05) is 19.1 Å². The minimum absolute atomic E-state index is 0.0398. The van der Waals surface area contributed by atoms with E-state index in [1.807, 2.05) is 60.4 Å². The van der Waals surface area contributed by atoms with E-state index in [-0.39, 0.29) is 16.5 Å². The molecule has 1 fully saturated rings. The minimum Gasteiger partial charge on any atom is -0.497 e. The number of methoxy groups -OCH3 is 2. The first kappa shape index (κ1) is 16.7. The van der Waals surface area contributed by atoms with Crippen LogP contribution in [0.2, 0.25) is 0 Å². The van der Waals surface area contributed by atoms with Gasteiger partial charge in [-0.15, -0.1) is 11.8 Å². The van der Waals surface area contributed by atoms with Gasteiger partial charge in [0, 0.05) is 0 Å². The van der Waals surface area contributed by atoms with Crippen molar-refractivity contribution >= 4 is 23.4 Å². The quantitative estimate of drug-likeness (QED) is 0.813. The molecule has 24 heavy (non-hydrogen) atoms. The van der Waals surface area contributed by atoms with E-state index in [4.69, 9.17) is 9.47 Å². The fourth-order valence-corrected chi connectivity index (χ4v) is 4.27. The van der Waals surface area contributed by atoms with Crippen LogP contribution < -0.4 is 14.4 Å². The van der Waals surface area contributed by atoms with Crippen LogP contribution in [-0.2, 0) is 4.79 Å². The lowest BCUT2D eigenvalue weighted by Gasteiger charge is -2.26. The molecule has 4 nitrogen and oxygen atoms in total. The van der Waals surface area contributed by atoms with E-state index in [9.17, 15) is 4.79 Å². The third-order valence-electron chi connectivity index (χ3n) is 4.16. The van der Waals surface area contributed by atoms with Crippen LogP contribution in [0.4, 0.5) is 5.69 Å². The Morgan fingerprint density at radius 3 is 2.38 bits per heavy atom. The largest absolute Gasteiger partial charge is 0.497 e. The summed E-state index contributed by atoms with van der Waals surface area (Å²) in [4.78, 5) is 14.8. The maximum atomic E-state index is 12.9. The Labute approximate surface area is 146 Å². The van der Waals surface area contributed by atoms with Crippen LogP contribution in [-0.4, -0.2) is 25.4 Å². The Morgan fingerprint density at radius 1 is 1.04 bits per heavy atom. The number of hydrogen-bond acceptors (Lipinski definition) is 4. The maximum absolute atomic E-state index is 12.9. The van der Waals surface area contributed by atoms with Crippen molar-refractivity contribution in [3.05, 3.63) is 54.1 Å². The zero-order valence-electron chi connectivity index (χ0n) is 14.1. The van der Waals surface area contributed by atoms with Gasteiger partial charge in [0.15, 0.2) is 0 Å². The maximum Gasteiger partial charge on any atom is 0.241 e. The molecule has 126 valence electrons. The van der Waals surface area contributed by atoms with Gasteiger partial charge in [-0.2, -0.15) is 0 Å². The van der Waals surface area contributed by atoms with Crippen molar-refractivity contribution < 1.29 is 14.3 Å². The van der Waals surface area contributed by atoms with Crippen molar-refractivity contribution in [3.63, 3.8) is 0 Å². The van der Waals surface area contributed by atoms with Crippen LogP contribution in [0.15, 0.2) is 48.5 Å². The smallest absolute Gasteiger partial charge is 0.241 e. The zero-order valence-corrected chi connectivity index (χ0v) is 14.9. The topological polar surface area (TPSA) is 38.8 Å². The molecule has 0 N–H and O–H groups in total. The summed E-state index contributed by atoms with van der Waals surface area (Å²) in [5.74, 6) is 1.65. The summed E-state index contributed by atoms with van der Waals surface area (Å²) in [6, 6.07) is 15.6. The second-order valence-corrected chi connectivity index (χ2v) is 6.83. The standard InChI is InChI=1S/C19H21NO3S/c1-4-17-18(21)20(15-7-5-6-8-16(15)23-3)19(24-17)13-9-11-14(22-2)12-10-13/h5-12,17,19H,4H2,1-3H3. The predicted molar refractivity (Wildman–Crippen MR) is 97.9 cm³/mol. The Kier molecular flexibility index (Phi) is 5.00. The number of rotatable bonds is 5. The number of carbonyl (C=O) groups is 1. The van der Waals surface area contributed by atoms with Gasteiger partial charge in [0.1, 0.15) is 16.9 Å². The second-order valence-electron chi connectivity index (χ2n) is 5.54. The van der Waals surface area contributed by atoms with Gasteiger partial charge in [-0.05, 0) is 36.2 Å². The lowest BCUT2D eigenvalue weighted by molar-refractivity contribution is -0.117. The highest BCUT2D eigenvalue weighted by Crippen LogP contribution is 2.48. The van der Waals surface area contributed by atoms with Crippen LogP contribution in [0, 0.1) is 0 Å². The van der Waals surface area contributed by atoms with Crippen LogP contribution in [0.1, 0.15) is 24.3 Å². The summed E-state index contributed by atoms with van der Waals surface area (Å²) in [7, 11) is 3.28. The molecule has 0 radical (unpaired) electrons. The summed E-state index contributed by atoms with van der Waals surface area (Å²) in [5, 5.41) is -0.105. The minimum atomic E-state index is -0.0651. The number of para-hydroxylation sites is 2. The molecule has 1 amide bonds. The molecule has 3 rings (SSSR count). The molecule has 2 aromatic rings. The van der Waals surface area contributed by atoms with E-state index in [1.54, 1.807) is 26.0 Å². The van der Waals surface area contributed by atoms with Crippen molar-refractivity contribution in [3.8, 4) is 11.5 Å². The highest BCUT2D eigenvalue weighted by atomic mass is 32.2. The third-order valence-corrected chi connectivity index (χ3v) is 5.76. The number of ether oxygens (including phenoxy) is 2. The first-order valence-corrected chi connectivity index (χ1v) is 8.89. The molecule has 1 saturated heterocycles. The van der Waals surface area contributed by atoms with Gasteiger partial charge in [-0.3, -0.25) is 9.69 Å². The number of thioether (sulfide) groups is 1. The van der Waals surface area contributed by atoms with Gasteiger partial charge in [0.25, 0.3) is 0 Å². The lowest BCUT2D eigenvalue weighted by atomic mass is 10.1. The average Bonchev–Trinajstić information content (AvgIpc) is 2.98. The van der Waals surface area contributed by atoms with Crippen LogP contribution in [0.3, 0.4) is 0 Å². The van der Waals surface area contributed by atoms with Crippen molar-refractivity contribution in [1.82, 2.24) is 0 Å². The number of benzene rings is 2. The Morgan fingerprint density at radius 2 is 1.75 bits per heavy atom. The predicted octanol–water partition coefficient (Wildman–Crippen LogP) is 4.26. The lowest BCUT2D eigenvalue weighted by Crippen LogP contribution is -2.31. The van der Waals surface area contributed by atoms with Crippen molar-refractivity contribution in [1.29, 1.82) is 0 Å². The van der Waals surface area contributed by atoms with Gasteiger partial charge in [-0.25, -0.2) is 0 Å². The normalized spacial score (nSPS) is 20.3. The van der Waals surface area contributed by atoms with Crippen LogP contribution >= 0.6 is 11.8 Å². The van der Waals surface area contributed by atoms with Gasteiger partial charge in [0.05, 0.1) is 25.2 Å². The molecule has 0 spiro atoms. The molecule has 1 aliphatic rings. The molecule has 1 heterocycles. The molecule has 1 aliphatic heterocycles. The van der Waals surface area contributed by atoms with Crippen LogP contribution in [0.25, 0.3) is 0 Å². The summed E-state index contributed by atoms with van der Waals surface area (Å²) >= 11 is 1.69.